The summed E-state index contributed by atoms with van der Waals surface area (Å²) in [5, 5.41) is 3.11. The fraction of sp³-hybridized carbons (Fsp3) is 0. The zero-order valence-electron chi connectivity index (χ0n) is 48.2. The van der Waals surface area contributed by atoms with Gasteiger partial charge in [0.25, 0.3) is 0 Å². The van der Waals surface area contributed by atoms with Gasteiger partial charge in [-0.1, -0.05) is 151 Å². The number of fused-ring (bicyclic) bond motifs is 12. The van der Waals surface area contributed by atoms with E-state index in [2.05, 4.69) is 0 Å². The Balaban J connectivity index is 1.29. The molecule has 14 aromatic rings. The number of hydrogen-bond acceptors (Lipinski definition) is 3. The molecule has 14 rings (SSSR count). The Kier molecular flexibility index (Phi) is 4.88. The minimum absolute atomic E-state index is 0.0133. The van der Waals surface area contributed by atoms with Gasteiger partial charge in [0.2, 0.25) is 11.9 Å². The monoisotopic (exact) mass is 832 g/mol. The molecule has 5 aromatic heterocycles. The van der Waals surface area contributed by atoms with Gasteiger partial charge in [-0.2, -0.15) is 15.0 Å². The summed E-state index contributed by atoms with van der Waals surface area (Å²) in [7, 11) is 0. The third kappa shape index (κ3) is 4.83. The molecular weight excluding hydrogens is 783 g/mol. The van der Waals surface area contributed by atoms with Crippen LogP contribution in [-0.4, -0.2) is 33.2 Å². The van der Waals surface area contributed by atoms with Gasteiger partial charge in [0, 0.05) is 43.1 Å². The number of nitrogens with zero attached hydrogens (tertiary/aromatic N) is 7. The zero-order valence-corrected chi connectivity index (χ0v) is 33.2. The van der Waals surface area contributed by atoms with Gasteiger partial charge in [0.1, 0.15) is 0 Å². The molecule has 0 aliphatic rings. The van der Waals surface area contributed by atoms with E-state index in [0.29, 0.717) is 27.5 Å². The molecule has 64 heavy (non-hydrogen) atoms. The molecule has 0 spiro atoms. The molecule has 0 bridgehead atoms. The van der Waals surface area contributed by atoms with Crippen LogP contribution in [0.25, 0.3) is 122 Å². The Morgan fingerprint density at radius 3 is 1.00 bits per heavy atom. The second-order valence-electron chi connectivity index (χ2n) is 15.3. The zero-order chi connectivity index (χ0) is 54.9. The Labute approximate surface area is 387 Å². The molecule has 298 valence electrons. The number of aromatic nitrogens is 7. The van der Waals surface area contributed by atoms with Crippen molar-refractivity contribution in [2.24, 2.45) is 0 Å². The lowest BCUT2D eigenvalue weighted by Crippen LogP contribution is -2.12. The standard InChI is InChI=1S/C57H35N7/c1-9-26-44-36(18-1)37-19-2-10-27-45(37)61(44)52-34-17-35-53(62-46-28-11-3-20-38(46)39-21-4-12-29-47(39)62)54(52)55-58-56(63-48-30-13-5-22-40(48)41-23-6-14-31-49(41)63)60-57(59-55)64-50-32-15-7-24-42(50)43-25-8-16-33-51(43)64/h1-35H/i1D,2D,3D,9D,10D,11D,17D,18D,19D,20D,26D,27D,28D,34D,35D. The maximum absolute atomic E-state index is 10.2. The lowest BCUT2D eigenvalue weighted by atomic mass is 10.1. The Bertz CT molecular complexity index is 4800. The Morgan fingerprint density at radius 1 is 0.281 bits per heavy atom. The van der Waals surface area contributed by atoms with Crippen LogP contribution in [0.1, 0.15) is 20.6 Å². The third-order valence-electron chi connectivity index (χ3n) is 12.0. The molecule has 0 fully saturated rings. The first-order valence-corrected chi connectivity index (χ1v) is 20.4. The van der Waals surface area contributed by atoms with Crippen molar-refractivity contribution in [1.29, 1.82) is 0 Å². The SMILES string of the molecule is [2H]c1c([2H])c(-n2c3ccccc3c3c([2H])c([2H])c([2H])c([2H])c32)c(-c2nc(-n3c4ccccc4c4ccccc43)nc(-n3c4ccccc4c4ccccc43)n2)c(-n2c3c([2H])c([2H])c([2H])c([2H])c3c3c([2H])c([2H])c([2H])c([2H])c32)c1[2H]. The predicted molar refractivity (Wildman–Crippen MR) is 263 cm³/mol. The average molecular weight is 833 g/mol. The molecule has 0 amide bonds. The van der Waals surface area contributed by atoms with Crippen LogP contribution in [0.2, 0.25) is 0 Å². The van der Waals surface area contributed by atoms with Crippen molar-refractivity contribution in [3.05, 3.63) is 212 Å². The molecule has 0 saturated heterocycles. The fourth-order valence-electron chi connectivity index (χ4n) is 9.42. The molecule has 5 heterocycles. The van der Waals surface area contributed by atoms with Crippen LogP contribution in [0.15, 0.2) is 212 Å². The smallest absolute Gasteiger partial charge is 0.240 e. The highest BCUT2D eigenvalue weighted by Gasteiger charge is 2.26. The minimum atomic E-state index is -0.767. The molecule has 7 nitrogen and oxygen atoms in total. The van der Waals surface area contributed by atoms with Crippen LogP contribution >= 0.6 is 0 Å². The number of hydrogen-bond donors (Lipinski definition) is 0. The Hall–Kier alpha value is -8.81. The summed E-state index contributed by atoms with van der Waals surface area (Å²) in [5.41, 5.74) is 0.939. The van der Waals surface area contributed by atoms with Gasteiger partial charge in [-0.3, -0.25) is 9.13 Å². The number of rotatable bonds is 5. The minimum Gasteiger partial charge on any atom is -0.308 e. The van der Waals surface area contributed by atoms with Gasteiger partial charge in [0.05, 0.1) is 81.6 Å². The van der Waals surface area contributed by atoms with Crippen LogP contribution in [0.3, 0.4) is 0 Å². The van der Waals surface area contributed by atoms with Crippen molar-refractivity contribution in [3.8, 4) is 34.7 Å². The summed E-state index contributed by atoms with van der Waals surface area (Å²) >= 11 is 0. The molecule has 7 heteroatoms. The third-order valence-corrected chi connectivity index (χ3v) is 12.0. The first kappa shape index (κ1) is 23.4. The highest BCUT2D eigenvalue weighted by molar-refractivity contribution is 6.13. The summed E-state index contributed by atoms with van der Waals surface area (Å²) in [6.07, 6.45) is 0. The van der Waals surface area contributed by atoms with Crippen LogP contribution < -0.4 is 0 Å². The highest BCUT2D eigenvalue weighted by Crippen LogP contribution is 2.42. The van der Waals surface area contributed by atoms with Gasteiger partial charge in [-0.25, -0.2) is 0 Å². The number of para-hydroxylation sites is 8. The normalized spacial score (nSPS) is 15.3. The molecule has 0 aliphatic carbocycles. The molecule has 0 radical (unpaired) electrons. The molecular formula is C57H35N7. The van der Waals surface area contributed by atoms with E-state index in [1.54, 1.807) is 24.3 Å². The van der Waals surface area contributed by atoms with E-state index in [1.807, 2.05) is 106 Å². The van der Waals surface area contributed by atoms with E-state index >= 15 is 0 Å². The van der Waals surface area contributed by atoms with E-state index in [1.165, 1.54) is 4.57 Å². The lowest BCUT2D eigenvalue weighted by Gasteiger charge is -2.20. The molecule has 0 saturated carbocycles. The highest BCUT2D eigenvalue weighted by atomic mass is 15.3. The average Bonchev–Trinajstić information content (AvgIpc) is 4.42. The van der Waals surface area contributed by atoms with E-state index in [4.69, 9.17) is 23.2 Å². The van der Waals surface area contributed by atoms with Gasteiger partial charge in [-0.05, 0) is 60.5 Å². The van der Waals surface area contributed by atoms with Crippen molar-refractivity contribution >= 4 is 87.2 Å². The second-order valence-corrected chi connectivity index (χ2v) is 15.3. The van der Waals surface area contributed by atoms with Crippen molar-refractivity contribution in [1.82, 2.24) is 33.2 Å². The quantitative estimate of drug-likeness (QED) is 0.174. The van der Waals surface area contributed by atoms with Gasteiger partial charge >= 0.3 is 0 Å². The molecule has 0 atom stereocenters. The predicted octanol–water partition coefficient (Wildman–Crippen LogP) is 13.9. The van der Waals surface area contributed by atoms with Crippen molar-refractivity contribution in [2.75, 3.05) is 0 Å². The van der Waals surface area contributed by atoms with Crippen molar-refractivity contribution in [3.63, 3.8) is 0 Å². The first-order valence-electron chi connectivity index (χ1n) is 27.9. The van der Waals surface area contributed by atoms with E-state index in [9.17, 15) is 12.3 Å². The lowest BCUT2D eigenvalue weighted by molar-refractivity contribution is 0.890. The molecule has 0 N–H and O–H groups in total. The van der Waals surface area contributed by atoms with E-state index in [-0.39, 0.29) is 56.2 Å². The van der Waals surface area contributed by atoms with Gasteiger partial charge < -0.3 is 9.13 Å². The molecule has 0 unspecified atom stereocenters. The maximum atomic E-state index is 10.2. The van der Waals surface area contributed by atoms with E-state index < -0.39 is 107 Å². The Morgan fingerprint density at radius 2 is 0.594 bits per heavy atom. The fourth-order valence-corrected chi connectivity index (χ4v) is 9.42. The number of benzene rings is 9. The summed E-state index contributed by atoms with van der Waals surface area (Å²) in [6.45, 7) is 0. The topological polar surface area (TPSA) is 58.4 Å². The van der Waals surface area contributed by atoms with E-state index in [0.717, 1.165) is 26.1 Å². The molecule has 9 aromatic carbocycles. The van der Waals surface area contributed by atoms with Crippen molar-refractivity contribution in [2.45, 2.75) is 0 Å². The molecule has 0 aliphatic heterocycles. The summed E-state index contributed by atoms with van der Waals surface area (Å²) in [5.74, 6) is -0.280. The summed E-state index contributed by atoms with van der Waals surface area (Å²) in [4.78, 5) is 15.9. The van der Waals surface area contributed by atoms with Crippen LogP contribution in [0, 0.1) is 0 Å². The van der Waals surface area contributed by atoms with Crippen LogP contribution in [0.5, 0.6) is 0 Å². The summed E-state index contributed by atoms with van der Waals surface area (Å²) in [6, 6.07) is 27.3. The van der Waals surface area contributed by atoms with Gasteiger partial charge in [-0.15, -0.1) is 0 Å². The first-order chi connectivity index (χ1) is 38.0. The van der Waals surface area contributed by atoms with Crippen LogP contribution in [-0.2, 0) is 0 Å². The summed E-state index contributed by atoms with van der Waals surface area (Å²) < 4.78 is 147. The van der Waals surface area contributed by atoms with Crippen molar-refractivity contribution < 1.29 is 20.6 Å². The maximum Gasteiger partial charge on any atom is 0.240 e. The van der Waals surface area contributed by atoms with Crippen LogP contribution in [0.4, 0.5) is 0 Å². The largest absolute Gasteiger partial charge is 0.308 e. The second kappa shape index (κ2) is 13.3. The van der Waals surface area contributed by atoms with Gasteiger partial charge in [0.15, 0.2) is 5.82 Å².